The second kappa shape index (κ2) is 6.16. The van der Waals surface area contributed by atoms with E-state index >= 15 is 0 Å². The molecule has 1 aliphatic heterocycles. The van der Waals surface area contributed by atoms with E-state index in [1.807, 2.05) is 49.6 Å². The minimum Gasteiger partial charge on any atom is -0.384 e. The molecule has 0 radical (unpaired) electrons. The molecule has 2 atom stereocenters. The second-order valence-corrected chi connectivity index (χ2v) is 6.44. The first kappa shape index (κ1) is 15.6. The van der Waals surface area contributed by atoms with Crippen LogP contribution < -0.4 is 5.32 Å². The standard InChI is InChI=1S/C18H20N6O/c1-23-16(25)8-13(17(23)12-4-3-6-19-9-12)10-21-15-5-7-20-18-14(15)11-22-24(18)2/h3-7,9,11,13,17H,8,10H2,1-2H3,(H,20,21)/t13-,17-/m0/s1. The summed E-state index contributed by atoms with van der Waals surface area (Å²) in [6.45, 7) is 0.698. The fraction of sp³-hybridized carbons (Fsp3) is 0.333. The van der Waals surface area contributed by atoms with Crippen LogP contribution >= 0.6 is 0 Å². The molecule has 3 aromatic heterocycles. The zero-order chi connectivity index (χ0) is 17.4. The van der Waals surface area contributed by atoms with Crippen molar-refractivity contribution in [3.8, 4) is 0 Å². The molecule has 0 aliphatic carbocycles. The molecule has 128 valence electrons. The number of pyridine rings is 2. The Balaban J connectivity index is 1.57. The summed E-state index contributed by atoms with van der Waals surface area (Å²) >= 11 is 0. The van der Waals surface area contributed by atoms with Crippen molar-refractivity contribution in [2.75, 3.05) is 18.9 Å². The van der Waals surface area contributed by atoms with Crippen molar-refractivity contribution in [3.63, 3.8) is 0 Å². The van der Waals surface area contributed by atoms with E-state index in [-0.39, 0.29) is 17.9 Å². The lowest BCUT2D eigenvalue weighted by atomic mass is 9.94. The molecule has 0 bridgehead atoms. The summed E-state index contributed by atoms with van der Waals surface area (Å²) in [6.07, 6.45) is 7.72. The summed E-state index contributed by atoms with van der Waals surface area (Å²) in [4.78, 5) is 22.6. The number of hydrogen-bond donors (Lipinski definition) is 1. The van der Waals surface area contributed by atoms with Crippen LogP contribution in [0.3, 0.4) is 0 Å². The van der Waals surface area contributed by atoms with Crippen LogP contribution in [0.5, 0.6) is 0 Å². The Hall–Kier alpha value is -2.96. The fourth-order valence-corrected chi connectivity index (χ4v) is 3.62. The van der Waals surface area contributed by atoms with Gasteiger partial charge in [0.1, 0.15) is 0 Å². The molecule has 1 aliphatic rings. The third kappa shape index (κ3) is 2.71. The smallest absolute Gasteiger partial charge is 0.223 e. The number of aromatic nitrogens is 4. The number of nitrogens with zero attached hydrogens (tertiary/aromatic N) is 5. The predicted molar refractivity (Wildman–Crippen MR) is 94.9 cm³/mol. The number of rotatable bonds is 4. The summed E-state index contributed by atoms with van der Waals surface area (Å²) < 4.78 is 1.76. The maximum atomic E-state index is 12.2. The van der Waals surface area contributed by atoms with Gasteiger partial charge in [0.15, 0.2) is 5.65 Å². The number of anilines is 1. The average Bonchev–Trinajstić information content (AvgIpc) is 3.15. The van der Waals surface area contributed by atoms with Gasteiger partial charge in [-0.1, -0.05) is 6.07 Å². The van der Waals surface area contributed by atoms with Crippen molar-refractivity contribution in [2.24, 2.45) is 13.0 Å². The van der Waals surface area contributed by atoms with Gasteiger partial charge in [-0.2, -0.15) is 5.10 Å². The summed E-state index contributed by atoms with van der Waals surface area (Å²) in [6, 6.07) is 5.94. The quantitative estimate of drug-likeness (QED) is 0.788. The van der Waals surface area contributed by atoms with Crippen molar-refractivity contribution >= 4 is 22.6 Å². The maximum Gasteiger partial charge on any atom is 0.223 e. The van der Waals surface area contributed by atoms with Crippen LogP contribution in [0.25, 0.3) is 11.0 Å². The van der Waals surface area contributed by atoms with E-state index in [0.717, 1.165) is 22.3 Å². The molecule has 3 aromatic rings. The van der Waals surface area contributed by atoms with Gasteiger partial charge in [0.25, 0.3) is 0 Å². The number of hydrogen-bond acceptors (Lipinski definition) is 5. The van der Waals surface area contributed by atoms with E-state index in [9.17, 15) is 4.79 Å². The number of nitrogens with one attached hydrogen (secondary N) is 1. The highest BCUT2D eigenvalue weighted by Gasteiger charge is 2.38. The Kier molecular flexibility index (Phi) is 3.83. The van der Waals surface area contributed by atoms with E-state index in [1.165, 1.54) is 0 Å². The largest absolute Gasteiger partial charge is 0.384 e. The molecular formula is C18H20N6O. The number of aryl methyl sites for hydroxylation is 1. The fourth-order valence-electron chi connectivity index (χ4n) is 3.62. The molecule has 0 saturated carbocycles. The predicted octanol–water partition coefficient (Wildman–Crippen LogP) is 1.99. The first-order chi connectivity index (χ1) is 12.1. The van der Waals surface area contributed by atoms with Gasteiger partial charge in [-0.05, 0) is 17.7 Å². The van der Waals surface area contributed by atoms with E-state index in [1.54, 1.807) is 17.1 Å². The molecule has 1 saturated heterocycles. The second-order valence-electron chi connectivity index (χ2n) is 6.44. The molecule has 1 amide bonds. The Morgan fingerprint density at radius 1 is 1.24 bits per heavy atom. The van der Waals surface area contributed by atoms with Crippen LogP contribution in [-0.2, 0) is 11.8 Å². The van der Waals surface area contributed by atoms with E-state index < -0.39 is 0 Å². The molecule has 0 aromatic carbocycles. The van der Waals surface area contributed by atoms with Gasteiger partial charge < -0.3 is 10.2 Å². The molecule has 4 rings (SSSR count). The lowest BCUT2D eigenvalue weighted by Crippen LogP contribution is -2.26. The highest BCUT2D eigenvalue weighted by Crippen LogP contribution is 2.37. The van der Waals surface area contributed by atoms with Gasteiger partial charge >= 0.3 is 0 Å². The van der Waals surface area contributed by atoms with Crippen molar-refractivity contribution in [1.82, 2.24) is 24.6 Å². The Morgan fingerprint density at radius 2 is 2.12 bits per heavy atom. The van der Waals surface area contributed by atoms with Crippen molar-refractivity contribution < 1.29 is 4.79 Å². The average molecular weight is 336 g/mol. The highest BCUT2D eigenvalue weighted by molar-refractivity contribution is 5.88. The highest BCUT2D eigenvalue weighted by atomic mass is 16.2. The monoisotopic (exact) mass is 336 g/mol. The van der Waals surface area contributed by atoms with Crippen LogP contribution in [0.1, 0.15) is 18.0 Å². The Morgan fingerprint density at radius 3 is 2.92 bits per heavy atom. The normalized spacial score (nSPS) is 20.4. The van der Waals surface area contributed by atoms with Crippen molar-refractivity contribution in [2.45, 2.75) is 12.5 Å². The minimum atomic E-state index is 0.0416. The molecule has 25 heavy (non-hydrogen) atoms. The lowest BCUT2D eigenvalue weighted by Gasteiger charge is -2.25. The van der Waals surface area contributed by atoms with Gasteiger partial charge in [0.2, 0.25) is 5.91 Å². The van der Waals surface area contributed by atoms with E-state index in [0.29, 0.717) is 13.0 Å². The molecular weight excluding hydrogens is 316 g/mol. The zero-order valence-electron chi connectivity index (χ0n) is 14.3. The third-order valence-electron chi connectivity index (χ3n) is 4.91. The molecule has 0 unspecified atom stereocenters. The molecule has 4 heterocycles. The van der Waals surface area contributed by atoms with Gasteiger partial charge in [0.05, 0.1) is 17.6 Å². The van der Waals surface area contributed by atoms with Crippen molar-refractivity contribution in [3.05, 3.63) is 48.5 Å². The maximum absolute atomic E-state index is 12.2. The molecule has 1 N–H and O–H groups in total. The lowest BCUT2D eigenvalue weighted by molar-refractivity contribution is -0.127. The molecule has 7 nitrogen and oxygen atoms in total. The zero-order valence-corrected chi connectivity index (χ0v) is 14.3. The summed E-state index contributed by atoms with van der Waals surface area (Å²) in [5.41, 5.74) is 2.90. The van der Waals surface area contributed by atoms with Crippen LogP contribution in [-0.4, -0.2) is 44.1 Å². The van der Waals surface area contributed by atoms with Gasteiger partial charge in [-0.3, -0.25) is 14.5 Å². The first-order valence-corrected chi connectivity index (χ1v) is 8.31. The number of likely N-dealkylation sites (tertiary alicyclic amines) is 1. The van der Waals surface area contributed by atoms with Gasteiger partial charge in [-0.25, -0.2) is 4.98 Å². The van der Waals surface area contributed by atoms with Crippen LogP contribution in [0.4, 0.5) is 5.69 Å². The third-order valence-corrected chi connectivity index (χ3v) is 4.91. The number of carbonyl (C=O) groups excluding carboxylic acids is 1. The summed E-state index contributed by atoms with van der Waals surface area (Å²) in [5.74, 6) is 0.350. The molecule has 7 heteroatoms. The van der Waals surface area contributed by atoms with Crippen LogP contribution in [0.15, 0.2) is 43.0 Å². The summed E-state index contributed by atoms with van der Waals surface area (Å²) in [5, 5.41) is 8.74. The Labute approximate surface area is 145 Å². The van der Waals surface area contributed by atoms with E-state index in [2.05, 4.69) is 20.4 Å². The van der Waals surface area contributed by atoms with Crippen LogP contribution in [0.2, 0.25) is 0 Å². The number of carbonyl (C=O) groups is 1. The van der Waals surface area contributed by atoms with E-state index in [4.69, 9.17) is 0 Å². The Bertz CT molecular complexity index is 906. The summed E-state index contributed by atoms with van der Waals surface area (Å²) in [7, 11) is 3.74. The van der Waals surface area contributed by atoms with Crippen LogP contribution in [0, 0.1) is 5.92 Å². The minimum absolute atomic E-state index is 0.0416. The van der Waals surface area contributed by atoms with Gasteiger partial charge in [-0.15, -0.1) is 0 Å². The van der Waals surface area contributed by atoms with Crippen molar-refractivity contribution in [1.29, 1.82) is 0 Å². The number of amides is 1. The molecule has 1 fully saturated rings. The topological polar surface area (TPSA) is 75.9 Å². The van der Waals surface area contributed by atoms with Gasteiger partial charge in [0, 0.05) is 57.3 Å². The number of fused-ring (bicyclic) bond motifs is 1. The first-order valence-electron chi connectivity index (χ1n) is 8.31. The molecule has 0 spiro atoms. The SMILES string of the molecule is CN1C(=O)C[C@@H](CNc2ccnc3c2cnn3C)[C@@H]1c1cccnc1.